The van der Waals surface area contributed by atoms with Crippen LogP contribution < -0.4 is 15.1 Å². The number of aromatic nitrogens is 1. The van der Waals surface area contributed by atoms with Gasteiger partial charge in [-0.05, 0) is 73.2 Å². The fourth-order valence-corrected chi connectivity index (χ4v) is 5.94. The van der Waals surface area contributed by atoms with E-state index in [1.165, 1.54) is 12.1 Å². The van der Waals surface area contributed by atoms with E-state index in [4.69, 9.17) is 0 Å². The second-order valence-electron chi connectivity index (χ2n) is 10.0. The molecule has 0 aliphatic carbocycles. The van der Waals surface area contributed by atoms with Crippen LogP contribution >= 0.6 is 0 Å². The third kappa shape index (κ3) is 4.01. The molecular formula is C30H26FN5O2. The van der Waals surface area contributed by atoms with Crippen molar-refractivity contribution < 1.29 is 14.0 Å². The summed E-state index contributed by atoms with van der Waals surface area (Å²) in [4.78, 5) is 34.2. The number of carbonyl (C=O) groups is 2. The van der Waals surface area contributed by atoms with E-state index in [9.17, 15) is 19.2 Å². The molecule has 1 atom stereocenters. The Morgan fingerprint density at radius 1 is 1.11 bits per heavy atom. The van der Waals surface area contributed by atoms with E-state index in [0.717, 1.165) is 40.9 Å². The van der Waals surface area contributed by atoms with Gasteiger partial charge in [-0.25, -0.2) is 9.37 Å². The molecule has 0 radical (unpaired) electrons. The summed E-state index contributed by atoms with van der Waals surface area (Å²) >= 11 is 0. The number of carbonyl (C=O) groups excluding carboxylic acids is 2. The molecule has 1 N–H and O–H groups in total. The molecule has 3 aliphatic heterocycles. The van der Waals surface area contributed by atoms with Gasteiger partial charge in [0.1, 0.15) is 17.7 Å². The van der Waals surface area contributed by atoms with Crippen LogP contribution in [0.3, 0.4) is 0 Å². The number of rotatable bonds is 4. The molecule has 1 aromatic heterocycles. The van der Waals surface area contributed by atoms with Gasteiger partial charge in [0.25, 0.3) is 5.91 Å². The summed E-state index contributed by atoms with van der Waals surface area (Å²) in [5, 5.41) is 12.6. The second-order valence-corrected chi connectivity index (χ2v) is 10.0. The van der Waals surface area contributed by atoms with Gasteiger partial charge in [-0.3, -0.25) is 9.59 Å². The Balaban J connectivity index is 1.19. The Bertz CT molecular complexity index is 1520. The minimum absolute atomic E-state index is 0.0877. The number of nitrogens with zero attached hydrogens (tertiary/aromatic N) is 4. The number of piperidine rings is 1. The zero-order valence-electron chi connectivity index (χ0n) is 20.8. The normalized spacial score (nSPS) is 18.5. The van der Waals surface area contributed by atoms with E-state index < -0.39 is 5.92 Å². The smallest absolute Gasteiger partial charge is 0.258 e. The number of nitriles is 1. The van der Waals surface area contributed by atoms with Crippen molar-refractivity contribution in [2.24, 2.45) is 5.92 Å². The van der Waals surface area contributed by atoms with Crippen LogP contribution in [0.5, 0.6) is 0 Å². The Hall–Kier alpha value is -4.51. The fraction of sp³-hybridized carbons (Fsp3) is 0.267. The van der Waals surface area contributed by atoms with Crippen molar-refractivity contribution in [3.05, 3.63) is 95.0 Å². The van der Waals surface area contributed by atoms with Crippen LogP contribution in [-0.2, 0) is 11.2 Å². The molecule has 7 nitrogen and oxygen atoms in total. The van der Waals surface area contributed by atoms with Gasteiger partial charge in [0.15, 0.2) is 0 Å². The molecule has 0 spiro atoms. The number of pyridine rings is 1. The summed E-state index contributed by atoms with van der Waals surface area (Å²) < 4.78 is 13.6. The summed E-state index contributed by atoms with van der Waals surface area (Å²) in [6.45, 7) is 6.16. The molecular weight excluding hydrogens is 481 g/mol. The zero-order chi connectivity index (χ0) is 26.4. The number of anilines is 3. The highest BCUT2D eigenvalue weighted by Crippen LogP contribution is 2.41. The quantitative estimate of drug-likeness (QED) is 0.513. The van der Waals surface area contributed by atoms with Gasteiger partial charge in [0, 0.05) is 42.6 Å². The molecule has 2 amide bonds. The van der Waals surface area contributed by atoms with E-state index in [-0.39, 0.29) is 23.5 Å². The maximum atomic E-state index is 13.6. The van der Waals surface area contributed by atoms with E-state index in [0.29, 0.717) is 43.0 Å². The first kappa shape index (κ1) is 23.9. The highest BCUT2D eigenvalue weighted by atomic mass is 19.1. The minimum atomic E-state index is -0.400. The predicted octanol–water partition coefficient (Wildman–Crippen LogP) is 4.80. The van der Waals surface area contributed by atoms with Gasteiger partial charge in [0.05, 0.1) is 17.2 Å². The molecule has 1 fully saturated rings. The SMILES string of the molecule is C=C(C1CCN(c2cc(C(=O)N3CCc4cc(F)ccc43)ccc2C#N)CC1)C1C(=O)Nc2ncccc21. The molecule has 6 rings (SSSR count). The van der Waals surface area contributed by atoms with Gasteiger partial charge in [-0.15, -0.1) is 0 Å². The monoisotopic (exact) mass is 507 g/mol. The Morgan fingerprint density at radius 2 is 1.92 bits per heavy atom. The third-order valence-corrected chi connectivity index (χ3v) is 7.93. The lowest BCUT2D eigenvalue weighted by Gasteiger charge is -2.36. The topological polar surface area (TPSA) is 89.3 Å². The number of hydrogen-bond donors (Lipinski definition) is 1. The predicted molar refractivity (Wildman–Crippen MR) is 143 cm³/mol. The van der Waals surface area contributed by atoms with Crippen molar-refractivity contribution >= 4 is 29.0 Å². The number of nitrogens with one attached hydrogen (secondary N) is 1. The number of fused-ring (bicyclic) bond motifs is 2. The first-order valence-electron chi connectivity index (χ1n) is 12.8. The summed E-state index contributed by atoms with van der Waals surface area (Å²) in [5.41, 5.74) is 5.05. The molecule has 3 aliphatic rings. The Labute approximate surface area is 220 Å². The summed E-state index contributed by atoms with van der Waals surface area (Å²) in [6, 6.07) is 15.7. The minimum Gasteiger partial charge on any atom is -0.370 e. The largest absolute Gasteiger partial charge is 0.370 e. The summed E-state index contributed by atoms with van der Waals surface area (Å²) in [6.07, 6.45) is 3.84. The van der Waals surface area contributed by atoms with E-state index in [2.05, 4.69) is 27.8 Å². The summed E-state index contributed by atoms with van der Waals surface area (Å²) in [7, 11) is 0. The lowest BCUT2D eigenvalue weighted by atomic mass is 9.80. The average Bonchev–Trinajstić information content (AvgIpc) is 3.51. The Kier molecular flexibility index (Phi) is 5.91. The molecule has 1 saturated heterocycles. The van der Waals surface area contributed by atoms with Gasteiger partial charge >= 0.3 is 0 Å². The van der Waals surface area contributed by atoms with Crippen molar-refractivity contribution in [2.45, 2.75) is 25.2 Å². The molecule has 8 heteroatoms. The highest BCUT2D eigenvalue weighted by molar-refractivity contribution is 6.08. The number of benzene rings is 2. The van der Waals surface area contributed by atoms with Crippen molar-refractivity contribution in [3.8, 4) is 6.07 Å². The molecule has 2 aromatic carbocycles. The van der Waals surface area contributed by atoms with Crippen molar-refractivity contribution in [2.75, 3.05) is 34.8 Å². The van der Waals surface area contributed by atoms with Crippen molar-refractivity contribution in [1.82, 2.24) is 4.98 Å². The van der Waals surface area contributed by atoms with Crippen LogP contribution in [0.1, 0.15) is 45.8 Å². The molecule has 190 valence electrons. The highest BCUT2D eigenvalue weighted by Gasteiger charge is 2.37. The molecule has 3 aromatic rings. The molecule has 4 heterocycles. The lowest BCUT2D eigenvalue weighted by molar-refractivity contribution is -0.116. The first-order chi connectivity index (χ1) is 18.4. The number of halogens is 1. The van der Waals surface area contributed by atoms with E-state index in [1.54, 1.807) is 35.4 Å². The standard InChI is InChI=1S/C30H26FN5O2/c1-18(27-24-3-2-11-33-28(24)34-29(27)37)19-8-12-35(13-9-19)26-16-21(4-5-22(26)17-32)30(38)36-14-10-20-15-23(31)6-7-25(20)36/h2-7,11,15-16,19,27H,1,8-10,12-14H2,(H,33,34,37). The maximum absolute atomic E-state index is 13.6. The first-order valence-corrected chi connectivity index (χ1v) is 12.8. The molecule has 1 unspecified atom stereocenters. The van der Waals surface area contributed by atoms with Gasteiger partial charge in [-0.2, -0.15) is 5.26 Å². The average molecular weight is 508 g/mol. The van der Waals surface area contributed by atoms with E-state index in [1.807, 2.05) is 12.1 Å². The van der Waals surface area contributed by atoms with Crippen LogP contribution in [0.2, 0.25) is 0 Å². The van der Waals surface area contributed by atoms with Crippen molar-refractivity contribution in [1.29, 1.82) is 5.26 Å². The number of hydrogen-bond acceptors (Lipinski definition) is 5. The molecule has 0 saturated carbocycles. The van der Waals surface area contributed by atoms with Crippen LogP contribution in [0.25, 0.3) is 0 Å². The fourth-order valence-electron chi connectivity index (χ4n) is 5.94. The van der Waals surface area contributed by atoms with Gasteiger partial charge in [-0.1, -0.05) is 18.2 Å². The maximum Gasteiger partial charge on any atom is 0.258 e. The van der Waals surface area contributed by atoms with Crippen LogP contribution in [-0.4, -0.2) is 36.4 Å². The molecule has 38 heavy (non-hydrogen) atoms. The second kappa shape index (κ2) is 9.42. The van der Waals surface area contributed by atoms with Crippen LogP contribution in [0, 0.1) is 23.1 Å². The van der Waals surface area contributed by atoms with Crippen LogP contribution in [0.4, 0.5) is 21.6 Å². The number of amides is 2. The van der Waals surface area contributed by atoms with Gasteiger partial charge < -0.3 is 15.1 Å². The van der Waals surface area contributed by atoms with Gasteiger partial charge in [0.2, 0.25) is 5.91 Å². The summed E-state index contributed by atoms with van der Waals surface area (Å²) in [5.74, 6) is -0.196. The van der Waals surface area contributed by atoms with E-state index >= 15 is 0 Å². The lowest BCUT2D eigenvalue weighted by Crippen LogP contribution is -2.36. The van der Waals surface area contributed by atoms with Crippen molar-refractivity contribution in [3.63, 3.8) is 0 Å². The Morgan fingerprint density at radius 3 is 2.71 bits per heavy atom. The third-order valence-electron chi connectivity index (χ3n) is 7.93. The molecule has 0 bridgehead atoms. The zero-order valence-corrected chi connectivity index (χ0v) is 20.8. The van der Waals surface area contributed by atoms with Crippen LogP contribution in [0.15, 0.2) is 66.9 Å².